The van der Waals surface area contributed by atoms with Gasteiger partial charge in [0.05, 0.1) is 4.90 Å². The van der Waals surface area contributed by atoms with E-state index in [1.807, 2.05) is 6.92 Å². The van der Waals surface area contributed by atoms with Crippen LogP contribution in [0.2, 0.25) is 0 Å². The molecule has 0 radical (unpaired) electrons. The Labute approximate surface area is 130 Å². The summed E-state index contributed by atoms with van der Waals surface area (Å²) in [5.74, 6) is 0.0550. The van der Waals surface area contributed by atoms with Crippen LogP contribution in [0.4, 0.5) is 0 Å². The summed E-state index contributed by atoms with van der Waals surface area (Å²) in [6, 6.07) is 5.43. The van der Waals surface area contributed by atoms with Gasteiger partial charge in [0.1, 0.15) is 12.5 Å². The third-order valence-electron chi connectivity index (χ3n) is 2.14. The van der Waals surface area contributed by atoms with Gasteiger partial charge in [0.2, 0.25) is 10.0 Å². The Kier molecular flexibility index (Phi) is 9.23. The summed E-state index contributed by atoms with van der Waals surface area (Å²) in [6.07, 6.45) is 0.747. The van der Waals surface area contributed by atoms with Gasteiger partial charge in [0, 0.05) is 20.8 Å². The van der Waals surface area contributed by atoms with E-state index in [9.17, 15) is 13.3 Å². The molecule has 2 N–H and O–H groups in total. The van der Waals surface area contributed by atoms with Crippen LogP contribution in [0.1, 0.15) is 13.3 Å². The SMILES string of the molecule is CCCNS(=O)(=O)c1ccc(O)cc1.COP([O-])(=S)OC. The van der Waals surface area contributed by atoms with Gasteiger partial charge in [-0.3, -0.25) is 0 Å². The van der Waals surface area contributed by atoms with Crippen LogP contribution >= 0.6 is 6.72 Å². The van der Waals surface area contributed by atoms with Crippen LogP contribution in [0.3, 0.4) is 0 Å². The molecule has 0 atom stereocenters. The molecule has 0 aliphatic rings. The molecular formula is C11H19NO6PS2-. The molecule has 0 aromatic heterocycles. The van der Waals surface area contributed by atoms with Gasteiger partial charge in [0.15, 0.2) is 0 Å². The average Bonchev–Trinajstić information content (AvgIpc) is 2.46. The molecule has 1 rings (SSSR count). The Hall–Kier alpha value is -0.540. The fraction of sp³-hybridized carbons (Fsp3) is 0.455. The van der Waals surface area contributed by atoms with Gasteiger partial charge in [0.25, 0.3) is 0 Å². The molecule has 0 bridgehead atoms. The van der Waals surface area contributed by atoms with Crippen molar-refractivity contribution in [2.75, 3.05) is 20.8 Å². The van der Waals surface area contributed by atoms with Crippen LogP contribution in [0.25, 0.3) is 0 Å². The first kappa shape index (κ1) is 20.5. The van der Waals surface area contributed by atoms with Crippen molar-refractivity contribution in [2.24, 2.45) is 0 Å². The van der Waals surface area contributed by atoms with E-state index in [1.165, 1.54) is 38.5 Å². The van der Waals surface area contributed by atoms with Crippen molar-refractivity contribution in [3.63, 3.8) is 0 Å². The third kappa shape index (κ3) is 8.47. The lowest BCUT2D eigenvalue weighted by atomic mass is 10.3. The zero-order chi connectivity index (χ0) is 16.5. The van der Waals surface area contributed by atoms with Crippen LogP contribution in [0.5, 0.6) is 5.75 Å². The number of phenolic OH excluding ortho intramolecular Hbond substituents is 1. The van der Waals surface area contributed by atoms with Gasteiger partial charge < -0.3 is 19.0 Å². The normalized spacial score (nSPS) is 11.6. The van der Waals surface area contributed by atoms with E-state index in [1.54, 1.807) is 0 Å². The lowest BCUT2D eigenvalue weighted by molar-refractivity contribution is -0.201. The van der Waals surface area contributed by atoms with E-state index < -0.39 is 16.7 Å². The van der Waals surface area contributed by atoms with Crippen molar-refractivity contribution < 1.29 is 27.5 Å². The van der Waals surface area contributed by atoms with Crippen molar-refractivity contribution in [3.8, 4) is 5.75 Å². The molecule has 0 saturated carbocycles. The molecule has 0 amide bonds. The van der Waals surface area contributed by atoms with Gasteiger partial charge >= 0.3 is 0 Å². The van der Waals surface area contributed by atoms with Crippen LogP contribution < -0.4 is 9.62 Å². The first-order valence-electron chi connectivity index (χ1n) is 5.89. The van der Waals surface area contributed by atoms with E-state index in [0.717, 1.165) is 6.42 Å². The quantitative estimate of drug-likeness (QED) is 0.731. The van der Waals surface area contributed by atoms with Crippen LogP contribution in [0.15, 0.2) is 29.2 Å². The summed E-state index contributed by atoms with van der Waals surface area (Å²) in [5, 5.41) is 8.98. The number of sulfonamides is 1. The predicted molar refractivity (Wildman–Crippen MR) is 81.9 cm³/mol. The Morgan fingerprint density at radius 2 is 1.76 bits per heavy atom. The van der Waals surface area contributed by atoms with E-state index in [0.29, 0.717) is 6.54 Å². The second-order valence-electron chi connectivity index (χ2n) is 3.70. The van der Waals surface area contributed by atoms with Crippen LogP contribution in [-0.2, 0) is 30.9 Å². The van der Waals surface area contributed by atoms with Gasteiger partial charge in [-0.15, -0.1) is 0 Å². The highest BCUT2D eigenvalue weighted by Gasteiger charge is 2.11. The smallest absolute Gasteiger partial charge is 0.240 e. The third-order valence-corrected chi connectivity index (χ3v) is 5.40. The summed E-state index contributed by atoms with van der Waals surface area (Å²) < 4.78 is 33.9. The van der Waals surface area contributed by atoms with Crippen LogP contribution in [-0.4, -0.2) is 34.3 Å². The molecule has 0 fully saturated rings. The fourth-order valence-corrected chi connectivity index (χ4v) is 2.30. The molecule has 21 heavy (non-hydrogen) atoms. The lowest BCUT2D eigenvalue weighted by Crippen LogP contribution is -2.24. The molecule has 122 valence electrons. The number of phenols is 1. The average molecular weight is 356 g/mol. The second kappa shape index (κ2) is 9.47. The lowest BCUT2D eigenvalue weighted by Gasteiger charge is -2.21. The number of aromatic hydroxyl groups is 1. The maximum absolute atomic E-state index is 11.5. The van der Waals surface area contributed by atoms with Gasteiger partial charge in [-0.05, 0) is 30.7 Å². The molecule has 1 aromatic carbocycles. The molecule has 0 spiro atoms. The number of nitrogens with one attached hydrogen (secondary N) is 1. The molecule has 0 unspecified atom stereocenters. The molecule has 0 aliphatic carbocycles. The van der Waals surface area contributed by atoms with Crippen molar-refractivity contribution in [1.82, 2.24) is 4.72 Å². The number of hydrogen-bond acceptors (Lipinski definition) is 7. The minimum absolute atomic E-state index is 0.0550. The van der Waals surface area contributed by atoms with E-state index in [-0.39, 0.29) is 10.6 Å². The molecule has 1 aromatic rings. The van der Waals surface area contributed by atoms with Gasteiger partial charge in [-0.2, -0.15) is 0 Å². The minimum Gasteiger partial charge on any atom is -0.780 e. The van der Waals surface area contributed by atoms with Crippen molar-refractivity contribution >= 4 is 28.5 Å². The number of benzene rings is 1. The van der Waals surface area contributed by atoms with Gasteiger partial charge in [-0.25, -0.2) is 13.1 Å². The minimum atomic E-state index is -3.40. The monoisotopic (exact) mass is 356 g/mol. The largest absolute Gasteiger partial charge is 0.780 e. The molecule has 0 heterocycles. The first-order valence-corrected chi connectivity index (χ1v) is 9.93. The highest BCUT2D eigenvalue weighted by Crippen LogP contribution is 2.35. The Morgan fingerprint density at radius 3 is 2.10 bits per heavy atom. The Morgan fingerprint density at radius 1 is 1.29 bits per heavy atom. The summed E-state index contributed by atoms with van der Waals surface area (Å²) in [6.45, 7) is -0.763. The summed E-state index contributed by atoms with van der Waals surface area (Å²) >= 11 is 4.26. The standard InChI is InChI=1S/C9H13NO3S.C2H7O3PS/c1-2-7-10-14(12,13)9-5-3-8(11)4-6-9;1-4-6(3,7)5-2/h3-6,10-11H,2,7H2,1H3;1-2H3,(H,3,7)/p-1. The van der Waals surface area contributed by atoms with E-state index in [2.05, 4.69) is 25.6 Å². The summed E-state index contributed by atoms with van der Waals surface area (Å²) in [5.41, 5.74) is 0. The maximum atomic E-state index is 11.5. The molecule has 10 heteroatoms. The van der Waals surface area contributed by atoms with E-state index >= 15 is 0 Å². The molecular weight excluding hydrogens is 337 g/mol. The molecule has 7 nitrogen and oxygen atoms in total. The van der Waals surface area contributed by atoms with E-state index in [4.69, 9.17) is 5.11 Å². The highest BCUT2D eigenvalue weighted by molar-refractivity contribution is 8.06. The topological polar surface area (TPSA) is 108 Å². The number of hydrogen-bond donors (Lipinski definition) is 2. The summed E-state index contributed by atoms with van der Waals surface area (Å²) in [7, 11) is -0.906. The van der Waals surface area contributed by atoms with Crippen LogP contribution in [0, 0.1) is 0 Å². The Balaban J connectivity index is 0.000000486. The summed E-state index contributed by atoms with van der Waals surface area (Å²) in [4.78, 5) is 10.5. The highest BCUT2D eigenvalue weighted by atomic mass is 32.5. The first-order chi connectivity index (χ1) is 9.68. The van der Waals surface area contributed by atoms with Gasteiger partial charge in [-0.1, -0.05) is 18.7 Å². The van der Waals surface area contributed by atoms with Crippen molar-refractivity contribution in [2.45, 2.75) is 18.2 Å². The zero-order valence-electron chi connectivity index (χ0n) is 12.0. The second-order valence-corrected chi connectivity index (χ2v) is 8.44. The van der Waals surface area contributed by atoms with Crippen molar-refractivity contribution in [3.05, 3.63) is 24.3 Å². The maximum Gasteiger partial charge on any atom is 0.240 e. The molecule has 0 saturated heterocycles. The predicted octanol–water partition coefficient (Wildman–Crippen LogP) is 0.945. The Bertz CT molecular complexity index is 553. The fourth-order valence-electron chi connectivity index (χ4n) is 1.02. The number of rotatable bonds is 6. The molecule has 0 aliphatic heterocycles. The van der Waals surface area contributed by atoms with Crippen molar-refractivity contribution in [1.29, 1.82) is 0 Å². The zero-order valence-corrected chi connectivity index (χ0v) is 14.5.